The van der Waals surface area contributed by atoms with Gasteiger partial charge >= 0.3 is 0 Å². The van der Waals surface area contributed by atoms with Crippen LogP contribution < -0.4 is 10.6 Å². The van der Waals surface area contributed by atoms with E-state index < -0.39 is 0 Å². The van der Waals surface area contributed by atoms with E-state index in [0.29, 0.717) is 5.92 Å². The molecule has 11 rings (SSSR count). The molecule has 5 unspecified atom stereocenters. The van der Waals surface area contributed by atoms with Crippen LogP contribution in [0.5, 0.6) is 0 Å². The van der Waals surface area contributed by atoms with Crippen LogP contribution in [-0.2, 0) is 0 Å². The zero-order valence-electron chi connectivity index (χ0n) is 34.5. The topological polar surface area (TPSA) is 88.2 Å². The Morgan fingerprint density at radius 2 is 1.37 bits per heavy atom. The average molecular weight is 807 g/mol. The number of rotatable bonds is 8. The second kappa shape index (κ2) is 16.3. The number of fused-ring (bicyclic) bond motifs is 3. The van der Waals surface area contributed by atoms with E-state index in [2.05, 4.69) is 188 Å². The molecule has 3 aliphatic carbocycles. The highest BCUT2D eigenvalue weighted by molar-refractivity contribution is 6.09. The van der Waals surface area contributed by atoms with E-state index in [1.807, 2.05) is 12.1 Å². The van der Waals surface area contributed by atoms with Gasteiger partial charge in [-0.3, -0.25) is 5.32 Å². The molecule has 0 saturated carbocycles. The van der Waals surface area contributed by atoms with Gasteiger partial charge in [0.25, 0.3) is 0 Å². The molecule has 7 heteroatoms. The minimum Gasteiger partial charge on any atom is -0.455 e. The lowest BCUT2D eigenvalue weighted by molar-refractivity contribution is 0.409. The predicted octanol–water partition coefficient (Wildman–Crippen LogP) is 12.5. The van der Waals surface area contributed by atoms with Crippen molar-refractivity contribution in [3.63, 3.8) is 0 Å². The Labute approximate surface area is 361 Å². The Bertz CT molecular complexity index is 3030. The molecule has 1 aliphatic heterocycles. The average Bonchev–Trinajstić information content (AvgIpc) is 3.73. The molecule has 0 bridgehead atoms. The number of amidine groups is 1. The zero-order chi connectivity index (χ0) is 41.4. The highest BCUT2D eigenvalue weighted by Crippen LogP contribution is 2.40. The number of allylic oxidation sites excluding steroid dienone is 12. The minimum absolute atomic E-state index is 0.120. The third-order valence-electron chi connectivity index (χ3n) is 12.6. The molecule has 7 nitrogen and oxygen atoms in total. The SMILES string of the molecule is CC1C=CC=CC1c1nc(C2=CC=C(c3cccc4c3oc3ccc(-c5ccc(C6NC(c7ccccc7)=NC(c7ccccc7)N6)cc5)cc34)CC2)nc(C2C=CC=CC2)n1. The van der Waals surface area contributed by atoms with E-state index in [1.165, 1.54) is 5.57 Å². The molecule has 5 aromatic carbocycles. The summed E-state index contributed by atoms with van der Waals surface area (Å²) in [5.41, 5.74) is 10.9. The summed E-state index contributed by atoms with van der Waals surface area (Å²) in [4.78, 5) is 20.3. The first-order chi connectivity index (χ1) is 30.6. The Balaban J connectivity index is 0.871. The van der Waals surface area contributed by atoms with Crippen molar-refractivity contribution in [2.24, 2.45) is 10.9 Å². The van der Waals surface area contributed by atoms with Gasteiger partial charge in [0.15, 0.2) is 5.82 Å². The Hall–Kier alpha value is -7.22. The Kier molecular flexibility index (Phi) is 9.94. The molecule has 7 aromatic rings. The van der Waals surface area contributed by atoms with Crippen LogP contribution in [0.3, 0.4) is 0 Å². The number of benzene rings is 5. The number of nitrogens with one attached hydrogen (secondary N) is 2. The molecule has 0 fully saturated rings. The molecule has 5 atom stereocenters. The summed E-state index contributed by atoms with van der Waals surface area (Å²) < 4.78 is 6.66. The molecule has 3 heterocycles. The van der Waals surface area contributed by atoms with E-state index in [0.717, 1.165) is 103 Å². The van der Waals surface area contributed by atoms with E-state index >= 15 is 0 Å². The number of furan rings is 1. The van der Waals surface area contributed by atoms with Gasteiger partial charge in [-0.25, -0.2) is 19.9 Å². The molecule has 0 saturated heterocycles. The zero-order valence-corrected chi connectivity index (χ0v) is 34.5. The van der Waals surface area contributed by atoms with Crippen LogP contribution in [0, 0.1) is 5.92 Å². The highest BCUT2D eigenvalue weighted by Gasteiger charge is 2.27. The van der Waals surface area contributed by atoms with Crippen LogP contribution in [0.15, 0.2) is 191 Å². The number of nitrogens with zero attached hydrogens (tertiary/aromatic N) is 4. The van der Waals surface area contributed by atoms with Crippen LogP contribution in [-0.4, -0.2) is 20.8 Å². The van der Waals surface area contributed by atoms with Crippen molar-refractivity contribution in [3.05, 3.63) is 222 Å². The van der Waals surface area contributed by atoms with Gasteiger partial charge in [0.1, 0.15) is 41.0 Å². The number of hydrogen-bond donors (Lipinski definition) is 2. The van der Waals surface area contributed by atoms with Gasteiger partial charge in [0.2, 0.25) is 0 Å². The van der Waals surface area contributed by atoms with Crippen molar-refractivity contribution in [2.45, 2.75) is 50.4 Å². The first-order valence-electron chi connectivity index (χ1n) is 21.7. The fourth-order valence-corrected chi connectivity index (χ4v) is 9.11. The minimum atomic E-state index is -0.175. The van der Waals surface area contributed by atoms with E-state index in [9.17, 15) is 0 Å². The second-order valence-corrected chi connectivity index (χ2v) is 16.6. The van der Waals surface area contributed by atoms with Gasteiger partial charge < -0.3 is 9.73 Å². The quantitative estimate of drug-likeness (QED) is 0.159. The van der Waals surface area contributed by atoms with Gasteiger partial charge in [-0.15, -0.1) is 0 Å². The van der Waals surface area contributed by atoms with Crippen molar-refractivity contribution in [2.75, 3.05) is 0 Å². The summed E-state index contributed by atoms with van der Waals surface area (Å²) in [7, 11) is 0. The third kappa shape index (κ3) is 7.35. The van der Waals surface area contributed by atoms with Gasteiger partial charge in [-0.05, 0) is 70.7 Å². The van der Waals surface area contributed by atoms with Crippen molar-refractivity contribution in [1.29, 1.82) is 0 Å². The first kappa shape index (κ1) is 37.8. The molecule has 302 valence electrons. The molecule has 0 spiro atoms. The maximum absolute atomic E-state index is 6.66. The molecule has 2 N–H and O–H groups in total. The second-order valence-electron chi connectivity index (χ2n) is 16.6. The summed E-state index contributed by atoms with van der Waals surface area (Å²) in [5.74, 6) is 3.95. The highest BCUT2D eigenvalue weighted by atomic mass is 16.3. The van der Waals surface area contributed by atoms with E-state index in [1.54, 1.807) is 0 Å². The Morgan fingerprint density at radius 1 is 0.613 bits per heavy atom. The number of hydrogen-bond acceptors (Lipinski definition) is 7. The molecule has 2 aromatic heterocycles. The lowest BCUT2D eigenvalue weighted by atomic mass is 9.88. The van der Waals surface area contributed by atoms with Gasteiger partial charge in [-0.1, -0.05) is 177 Å². The fraction of sp³-hybridized carbons (Fsp3) is 0.164. The normalized spacial score (nSPS) is 22.0. The summed E-state index contributed by atoms with van der Waals surface area (Å²) in [5, 5.41) is 9.61. The van der Waals surface area contributed by atoms with Crippen molar-refractivity contribution < 1.29 is 4.42 Å². The molecule has 4 aliphatic rings. The third-order valence-corrected chi connectivity index (χ3v) is 12.6. The van der Waals surface area contributed by atoms with Crippen LogP contribution in [0.1, 0.15) is 90.1 Å². The molecule has 62 heavy (non-hydrogen) atoms. The lowest BCUT2D eigenvalue weighted by Gasteiger charge is -2.32. The summed E-state index contributed by atoms with van der Waals surface area (Å²) in [6, 6.07) is 42.6. The molecule has 0 amide bonds. The smallest absolute Gasteiger partial charge is 0.159 e. The largest absolute Gasteiger partial charge is 0.455 e. The van der Waals surface area contributed by atoms with Crippen LogP contribution in [0.25, 0.3) is 44.2 Å². The van der Waals surface area contributed by atoms with Crippen LogP contribution in [0.2, 0.25) is 0 Å². The summed E-state index contributed by atoms with van der Waals surface area (Å²) in [6.07, 6.45) is 24.0. The van der Waals surface area contributed by atoms with E-state index in [-0.39, 0.29) is 24.2 Å². The predicted molar refractivity (Wildman–Crippen MR) is 251 cm³/mol. The van der Waals surface area contributed by atoms with Gasteiger partial charge in [0.05, 0.1) is 0 Å². The molecular formula is C55H46N6O. The number of aliphatic imine (C=N–C) groups is 1. The monoisotopic (exact) mass is 806 g/mol. The fourth-order valence-electron chi connectivity index (χ4n) is 9.11. The van der Waals surface area contributed by atoms with Crippen molar-refractivity contribution in [1.82, 2.24) is 25.6 Å². The van der Waals surface area contributed by atoms with Gasteiger partial charge in [0, 0.05) is 33.7 Å². The van der Waals surface area contributed by atoms with Crippen molar-refractivity contribution in [3.8, 4) is 11.1 Å². The maximum Gasteiger partial charge on any atom is 0.159 e. The number of para-hydroxylation sites is 1. The van der Waals surface area contributed by atoms with Crippen LogP contribution >= 0.6 is 0 Å². The van der Waals surface area contributed by atoms with E-state index in [4.69, 9.17) is 24.4 Å². The lowest BCUT2D eigenvalue weighted by Crippen LogP contribution is -2.44. The standard InChI is InChI=1S/C55H46N6O/c1-35-14-11-12-21-44(35)55-60-52(40-19-9-4-10-20-40)59-54(61-55)42-30-26-37(27-31-42)45-22-13-23-46-47-34-43(32-33-48(47)62-49(45)46)36-24-28-41(29-25-36)53-57-50(38-15-5-2-6-16-38)56-51(58-53)39-17-7-3-8-18-39/h2-19,21-26,28-30,32-35,40,44,50,53,57H,20,27,31H2,1H3,(H,56,58). The van der Waals surface area contributed by atoms with Crippen molar-refractivity contribution >= 4 is 38.9 Å². The van der Waals surface area contributed by atoms with Gasteiger partial charge in [-0.2, -0.15) is 0 Å². The first-order valence-corrected chi connectivity index (χ1v) is 21.7. The maximum atomic E-state index is 6.66. The summed E-state index contributed by atoms with van der Waals surface area (Å²) in [6.45, 7) is 2.23. The summed E-state index contributed by atoms with van der Waals surface area (Å²) >= 11 is 0. The van der Waals surface area contributed by atoms with Crippen LogP contribution in [0.4, 0.5) is 0 Å². The number of aromatic nitrogens is 3. The Morgan fingerprint density at radius 3 is 2.16 bits per heavy atom. The molecular weight excluding hydrogens is 761 g/mol. The molecule has 0 radical (unpaired) electrons.